The molecule has 3 heteroatoms. The summed E-state index contributed by atoms with van der Waals surface area (Å²) in [7, 11) is 0. The number of para-hydroxylation sites is 1. The molecule has 0 amide bonds. The Bertz CT molecular complexity index is 924. The minimum Gasteiger partial charge on any atom is -0.406 e. The molecule has 1 heterocycles. The molecule has 0 saturated carbocycles. The average molecular weight is 313 g/mol. The van der Waals surface area contributed by atoms with Gasteiger partial charge in [0.1, 0.15) is 0 Å². The highest BCUT2D eigenvalue weighted by Gasteiger charge is 2.15. The monoisotopic (exact) mass is 313 g/mol. The van der Waals surface area contributed by atoms with Crippen LogP contribution < -0.4 is 5.75 Å². The topological polar surface area (TPSA) is 38.6 Å². The van der Waals surface area contributed by atoms with Crippen LogP contribution >= 0.6 is 0 Å². The lowest BCUT2D eigenvalue weighted by Crippen LogP contribution is -1.91. The van der Waals surface area contributed by atoms with Gasteiger partial charge in [-0.3, -0.25) is 0 Å². The summed E-state index contributed by atoms with van der Waals surface area (Å²) >= 11 is 0. The summed E-state index contributed by atoms with van der Waals surface area (Å²) in [5, 5.41) is 0. The summed E-state index contributed by atoms with van der Waals surface area (Å²) in [5.41, 5.74) is 2.69. The highest BCUT2D eigenvalue weighted by molar-refractivity contribution is 5.74. The van der Waals surface area contributed by atoms with Gasteiger partial charge >= 0.3 is 5.75 Å². The van der Waals surface area contributed by atoms with Gasteiger partial charge in [0, 0.05) is 11.1 Å². The maximum absolute atomic E-state index is 5.93. The summed E-state index contributed by atoms with van der Waals surface area (Å²) in [6.07, 6.45) is 0. The minimum absolute atomic E-state index is 0.235. The van der Waals surface area contributed by atoms with Crippen molar-refractivity contribution in [2.24, 2.45) is 4.99 Å². The highest BCUT2D eigenvalue weighted by Crippen LogP contribution is 2.31. The van der Waals surface area contributed by atoms with E-state index in [0.717, 1.165) is 16.8 Å². The van der Waals surface area contributed by atoms with Gasteiger partial charge in [0.2, 0.25) is 0 Å². The Balaban J connectivity index is 1.90. The van der Waals surface area contributed by atoms with Crippen molar-refractivity contribution in [1.82, 2.24) is 0 Å². The number of benzene rings is 3. The summed E-state index contributed by atoms with van der Waals surface area (Å²) in [4.78, 5) is 4.44. The van der Waals surface area contributed by atoms with Gasteiger partial charge in [0.15, 0.2) is 11.5 Å². The molecule has 0 radical (unpaired) electrons. The Kier molecular flexibility index (Phi) is 3.82. The van der Waals surface area contributed by atoms with Crippen molar-refractivity contribution in [3.05, 3.63) is 96.7 Å². The van der Waals surface area contributed by atoms with Gasteiger partial charge in [-0.15, -0.1) is 0 Å². The van der Waals surface area contributed by atoms with Gasteiger partial charge in [-0.2, -0.15) is 4.99 Å². The first-order valence-electron chi connectivity index (χ1n) is 7.75. The van der Waals surface area contributed by atoms with E-state index in [1.54, 1.807) is 0 Å². The number of nitrogens with zero attached hydrogens (tertiary/aromatic N) is 1. The van der Waals surface area contributed by atoms with Crippen molar-refractivity contribution in [2.45, 2.75) is 0 Å². The van der Waals surface area contributed by atoms with Gasteiger partial charge in [-0.1, -0.05) is 78.9 Å². The Labute approximate surface area is 139 Å². The standard InChI is InChI=1S/C21H15NO2/c1-4-10-16(11-5-1)19-20(17-12-6-2-7-13-17)24-21(23-19)22-18-14-8-3-9-15-18/h1-15H. The molecule has 4 rings (SSSR count). The molecule has 0 aliphatic rings. The molecule has 3 nitrogen and oxygen atoms in total. The molecular formula is C21H15NO2. The molecule has 24 heavy (non-hydrogen) atoms. The fraction of sp³-hybridized carbons (Fsp3) is 0. The number of hydrogen-bond acceptors (Lipinski definition) is 3. The molecule has 3 aromatic carbocycles. The van der Waals surface area contributed by atoms with Crippen LogP contribution in [-0.2, 0) is 0 Å². The van der Waals surface area contributed by atoms with Crippen molar-refractivity contribution in [3.8, 4) is 22.6 Å². The molecule has 1 aromatic heterocycles. The van der Waals surface area contributed by atoms with Gasteiger partial charge in [0.25, 0.3) is 0 Å². The van der Waals surface area contributed by atoms with Gasteiger partial charge in [-0.25, -0.2) is 0 Å². The first-order chi connectivity index (χ1) is 11.9. The van der Waals surface area contributed by atoms with E-state index in [-0.39, 0.29) is 5.75 Å². The molecule has 0 N–H and O–H groups in total. The van der Waals surface area contributed by atoms with E-state index in [0.29, 0.717) is 11.5 Å². The smallest absolute Gasteiger partial charge is 0.400 e. The van der Waals surface area contributed by atoms with E-state index < -0.39 is 0 Å². The van der Waals surface area contributed by atoms with E-state index in [9.17, 15) is 0 Å². The summed E-state index contributed by atoms with van der Waals surface area (Å²) in [5.74, 6) is 1.59. The van der Waals surface area contributed by atoms with Crippen LogP contribution in [-0.4, -0.2) is 0 Å². The fourth-order valence-electron chi connectivity index (χ4n) is 2.50. The SMILES string of the molecule is c1ccc(N=c2oc(-c3ccccc3)c(-c3ccccc3)o2)cc1. The van der Waals surface area contributed by atoms with E-state index in [4.69, 9.17) is 8.83 Å². The zero-order valence-corrected chi connectivity index (χ0v) is 12.9. The van der Waals surface area contributed by atoms with Crippen LogP contribution in [0.5, 0.6) is 0 Å². The lowest BCUT2D eigenvalue weighted by Gasteiger charge is -1.99. The minimum atomic E-state index is 0.235. The van der Waals surface area contributed by atoms with E-state index in [2.05, 4.69) is 4.99 Å². The first kappa shape index (κ1) is 14.3. The summed E-state index contributed by atoms with van der Waals surface area (Å²) < 4.78 is 11.9. The van der Waals surface area contributed by atoms with E-state index in [1.807, 2.05) is 91.0 Å². The van der Waals surface area contributed by atoms with Crippen molar-refractivity contribution in [1.29, 1.82) is 0 Å². The number of hydrogen-bond donors (Lipinski definition) is 0. The predicted molar refractivity (Wildman–Crippen MR) is 93.5 cm³/mol. The third kappa shape index (κ3) is 2.92. The molecule has 0 aliphatic carbocycles. The second kappa shape index (κ2) is 6.42. The Morgan fingerprint density at radius 1 is 0.500 bits per heavy atom. The van der Waals surface area contributed by atoms with Crippen LogP contribution in [0.3, 0.4) is 0 Å². The maximum Gasteiger partial charge on any atom is 0.400 e. The third-order valence-electron chi connectivity index (χ3n) is 3.63. The Morgan fingerprint density at radius 2 is 0.917 bits per heavy atom. The van der Waals surface area contributed by atoms with Crippen molar-refractivity contribution < 1.29 is 8.83 Å². The molecule has 4 aromatic rings. The molecule has 0 saturated heterocycles. The van der Waals surface area contributed by atoms with Crippen LogP contribution in [0, 0.1) is 0 Å². The van der Waals surface area contributed by atoms with Gasteiger partial charge in [0.05, 0.1) is 5.69 Å². The maximum atomic E-state index is 5.93. The van der Waals surface area contributed by atoms with Crippen molar-refractivity contribution >= 4 is 5.69 Å². The lowest BCUT2D eigenvalue weighted by atomic mass is 10.1. The largest absolute Gasteiger partial charge is 0.406 e. The van der Waals surface area contributed by atoms with Crippen LogP contribution in [0.15, 0.2) is 105 Å². The van der Waals surface area contributed by atoms with Gasteiger partial charge < -0.3 is 8.83 Å². The zero-order chi connectivity index (χ0) is 16.2. The Morgan fingerprint density at radius 3 is 1.38 bits per heavy atom. The molecule has 116 valence electrons. The molecule has 0 aliphatic heterocycles. The molecular weight excluding hydrogens is 298 g/mol. The zero-order valence-electron chi connectivity index (χ0n) is 12.9. The summed E-state index contributed by atoms with van der Waals surface area (Å²) in [6.45, 7) is 0. The van der Waals surface area contributed by atoms with Crippen LogP contribution in [0.2, 0.25) is 0 Å². The van der Waals surface area contributed by atoms with Crippen LogP contribution in [0.4, 0.5) is 5.69 Å². The fourth-order valence-corrected chi connectivity index (χ4v) is 2.50. The van der Waals surface area contributed by atoms with Crippen LogP contribution in [0.1, 0.15) is 0 Å². The second-order valence-corrected chi connectivity index (χ2v) is 5.31. The molecule has 0 unspecified atom stereocenters. The average Bonchev–Trinajstić information content (AvgIpc) is 3.08. The molecule has 0 fully saturated rings. The first-order valence-corrected chi connectivity index (χ1v) is 7.75. The number of rotatable bonds is 3. The van der Waals surface area contributed by atoms with E-state index >= 15 is 0 Å². The van der Waals surface area contributed by atoms with Crippen LogP contribution in [0.25, 0.3) is 22.6 Å². The summed E-state index contributed by atoms with van der Waals surface area (Å²) in [6, 6.07) is 29.4. The third-order valence-corrected chi connectivity index (χ3v) is 3.63. The van der Waals surface area contributed by atoms with Crippen molar-refractivity contribution in [2.75, 3.05) is 0 Å². The van der Waals surface area contributed by atoms with E-state index in [1.165, 1.54) is 0 Å². The molecule has 0 atom stereocenters. The molecule has 0 bridgehead atoms. The Hall–Kier alpha value is -3.33. The normalized spacial score (nSPS) is 10.5. The van der Waals surface area contributed by atoms with Gasteiger partial charge in [-0.05, 0) is 12.1 Å². The second-order valence-electron chi connectivity index (χ2n) is 5.31. The quantitative estimate of drug-likeness (QED) is 0.505. The predicted octanol–water partition coefficient (Wildman–Crippen LogP) is 5.44. The molecule has 0 spiro atoms. The highest BCUT2D eigenvalue weighted by atomic mass is 16.5. The van der Waals surface area contributed by atoms with Crippen molar-refractivity contribution in [3.63, 3.8) is 0 Å². The lowest BCUT2D eigenvalue weighted by molar-refractivity contribution is 0.376.